The molecule has 2 nitrogen and oxygen atoms in total. The zero-order valence-electron chi connectivity index (χ0n) is 9.60. The highest BCUT2D eigenvalue weighted by molar-refractivity contribution is 7.10. The zero-order chi connectivity index (χ0) is 11.4. The molecule has 0 aromatic carbocycles. The standard InChI is InChI=1S/C13H16N2S/c1-3-10-6-8-16-13(10)12(14-2)11-5-4-7-15-9-11/h4-9,12,14H,3H2,1-2H3. The molecule has 0 radical (unpaired) electrons. The second-order valence-corrected chi connectivity index (χ2v) is 4.62. The molecule has 2 aromatic rings. The maximum absolute atomic E-state index is 4.18. The lowest BCUT2D eigenvalue weighted by atomic mass is 10.0. The number of rotatable bonds is 4. The lowest BCUT2D eigenvalue weighted by Crippen LogP contribution is -2.17. The van der Waals surface area contributed by atoms with Gasteiger partial charge >= 0.3 is 0 Å². The Bertz CT molecular complexity index is 436. The summed E-state index contributed by atoms with van der Waals surface area (Å²) in [6, 6.07) is 6.58. The summed E-state index contributed by atoms with van der Waals surface area (Å²) in [6.07, 6.45) is 4.82. The van der Waals surface area contributed by atoms with Gasteiger partial charge in [-0.05, 0) is 42.1 Å². The van der Waals surface area contributed by atoms with Gasteiger partial charge in [-0.2, -0.15) is 0 Å². The third-order valence-corrected chi connectivity index (χ3v) is 3.75. The lowest BCUT2D eigenvalue weighted by molar-refractivity contribution is 0.694. The van der Waals surface area contributed by atoms with Crippen LogP contribution in [-0.2, 0) is 6.42 Å². The smallest absolute Gasteiger partial charge is 0.0686 e. The third-order valence-electron chi connectivity index (χ3n) is 2.73. The van der Waals surface area contributed by atoms with Crippen LogP contribution in [0.4, 0.5) is 0 Å². The average molecular weight is 232 g/mol. The van der Waals surface area contributed by atoms with E-state index in [9.17, 15) is 0 Å². The molecule has 2 heterocycles. The molecule has 16 heavy (non-hydrogen) atoms. The summed E-state index contributed by atoms with van der Waals surface area (Å²) in [5.74, 6) is 0. The van der Waals surface area contributed by atoms with Gasteiger partial charge in [0, 0.05) is 17.3 Å². The van der Waals surface area contributed by atoms with Gasteiger partial charge < -0.3 is 5.32 Å². The highest BCUT2D eigenvalue weighted by atomic mass is 32.1. The monoisotopic (exact) mass is 232 g/mol. The first kappa shape index (κ1) is 11.3. The minimum absolute atomic E-state index is 0.267. The van der Waals surface area contributed by atoms with Crippen LogP contribution in [0.5, 0.6) is 0 Å². The molecule has 2 rings (SSSR count). The molecule has 0 fully saturated rings. The molecule has 0 saturated heterocycles. The zero-order valence-corrected chi connectivity index (χ0v) is 10.4. The van der Waals surface area contributed by atoms with Crippen molar-refractivity contribution in [3.63, 3.8) is 0 Å². The van der Waals surface area contributed by atoms with Crippen LogP contribution in [0.1, 0.15) is 29.0 Å². The van der Waals surface area contributed by atoms with Gasteiger partial charge in [0.1, 0.15) is 0 Å². The number of thiophene rings is 1. The summed E-state index contributed by atoms with van der Waals surface area (Å²) >= 11 is 1.81. The Morgan fingerprint density at radius 1 is 1.44 bits per heavy atom. The normalized spacial score (nSPS) is 12.6. The molecule has 0 aliphatic carbocycles. The van der Waals surface area contributed by atoms with Gasteiger partial charge in [-0.3, -0.25) is 4.98 Å². The van der Waals surface area contributed by atoms with Crippen LogP contribution in [0.3, 0.4) is 0 Å². The number of aryl methyl sites for hydroxylation is 1. The van der Waals surface area contributed by atoms with Crippen molar-refractivity contribution < 1.29 is 0 Å². The van der Waals surface area contributed by atoms with Crippen molar-refractivity contribution in [1.29, 1.82) is 0 Å². The Hall–Kier alpha value is -1.19. The van der Waals surface area contributed by atoms with E-state index in [1.807, 2.05) is 36.8 Å². The van der Waals surface area contributed by atoms with E-state index >= 15 is 0 Å². The number of hydrogen-bond donors (Lipinski definition) is 1. The molecule has 1 unspecified atom stereocenters. The van der Waals surface area contributed by atoms with E-state index in [4.69, 9.17) is 0 Å². The van der Waals surface area contributed by atoms with E-state index in [1.54, 1.807) is 0 Å². The van der Waals surface area contributed by atoms with E-state index < -0.39 is 0 Å². The van der Waals surface area contributed by atoms with E-state index in [1.165, 1.54) is 16.0 Å². The summed E-state index contributed by atoms with van der Waals surface area (Å²) in [4.78, 5) is 5.58. The average Bonchev–Trinajstić information content (AvgIpc) is 2.80. The topological polar surface area (TPSA) is 24.9 Å². The fourth-order valence-electron chi connectivity index (χ4n) is 1.89. The fourth-order valence-corrected chi connectivity index (χ4v) is 3.02. The van der Waals surface area contributed by atoms with Gasteiger partial charge in [-0.15, -0.1) is 11.3 Å². The van der Waals surface area contributed by atoms with E-state index in [-0.39, 0.29) is 6.04 Å². The second kappa shape index (κ2) is 5.23. The highest BCUT2D eigenvalue weighted by Crippen LogP contribution is 2.29. The SMILES string of the molecule is CCc1ccsc1C(NC)c1cccnc1. The summed E-state index contributed by atoms with van der Waals surface area (Å²) in [5, 5.41) is 5.53. The molecular weight excluding hydrogens is 216 g/mol. The van der Waals surface area contributed by atoms with Gasteiger partial charge in [-0.1, -0.05) is 13.0 Å². The van der Waals surface area contributed by atoms with E-state index in [2.05, 4.69) is 34.7 Å². The van der Waals surface area contributed by atoms with Crippen LogP contribution >= 0.6 is 11.3 Å². The quantitative estimate of drug-likeness (QED) is 0.876. The summed E-state index contributed by atoms with van der Waals surface area (Å²) in [5.41, 5.74) is 2.65. The number of pyridine rings is 1. The first-order valence-corrected chi connectivity index (χ1v) is 6.38. The number of aromatic nitrogens is 1. The Morgan fingerprint density at radius 3 is 2.94 bits per heavy atom. The molecular formula is C13H16N2S. The summed E-state index contributed by atoms with van der Waals surface area (Å²) < 4.78 is 0. The largest absolute Gasteiger partial charge is 0.309 e. The Morgan fingerprint density at radius 2 is 2.31 bits per heavy atom. The number of nitrogens with one attached hydrogen (secondary N) is 1. The summed E-state index contributed by atoms with van der Waals surface area (Å²) in [7, 11) is 2.00. The van der Waals surface area contributed by atoms with Gasteiger partial charge in [0.25, 0.3) is 0 Å². The molecule has 0 aliphatic heterocycles. The van der Waals surface area contributed by atoms with Crippen molar-refractivity contribution in [2.75, 3.05) is 7.05 Å². The molecule has 84 valence electrons. The lowest BCUT2D eigenvalue weighted by Gasteiger charge is -2.16. The van der Waals surface area contributed by atoms with Crippen LogP contribution in [-0.4, -0.2) is 12.0 Å². The van der Waals surface area contributed by atoms with Crippen molar-refractivity contribution in [2.24, 2.45) is 0 Å². The van der Waals surface area contributed by atoms with Crippen molar-refractivity contribution in [3.05, 3.63) is 52.0 Å². The molecule has 0 saturated carbocycles. The van der Waals surface area contributed by atoms with Crippen LogP contribution in [0, 0.1) is 0 Å². The fraction of sp³-hybridized carbons (Fsp3) is 0.308. The Kier molecular flexibility index (Phi) is 3.70. The van der Waals surface area contributed by atoms with E-state index in [0.717, 1.165) is 6.42 Å². The van der Waals surface area contributed by atoms with Gasteiger partial charge in [-0.25, -0.2) is 0 Å². The molecule has 1 N–H and O–H groups in total. The minimum atomic E-state index is 0.267. The molecule has 2 aromatic heterocycles. The third kappa shape index (κ3) is 2.15. The van der Waals surface area contributed by atoms with Crippen molar-refractivity contribution in [2.45, 2.75) is 19.4 Å². The van der Waals surface area contributed by atoms with E-state index in [0.29, 0.717) is 0 Å². The van der Waals surface area contributed by atoms with Gasteiger partial charge in [0.2, 0.25) is 0 Å². The number of nitrogens with zero attached hydrogens (tertiary/aromatic N) is 1. The Labute approximate surface area is 100 Å². The van der Waals surface area contributed by atoms with Crippen molar-refractivity contribution >= 4 is 11.3 Å². The maximum Gasteiger partial charge on any atom is 0.0686 e. The van der Waals surface area contributed by atoms with Crippen LogP contribution in [0.2, 0.25) is 0 Å². The first-order valence-electron chi connectivity index (χ1n) is 5.50. The molecule has 1 atom stereocenters. The molecule has 0 aliphatic rings. The Balaban J connectivity index is 2.37. The van der Waals surface area contributed by atoms with Gasteiger partial charge in [0.15, 0.2) is 0 Å². The van der Waals surface area contributed by atoms with Gasteiger partial charge in [0.05, 0.1) is 6.04 Å². The molecule has 0 bridgehead atoms. The summed E-state index contributed by atoms with van der Waals surface area (Å²) in [6.45, 7) is 2.20. The number of hydrogen-bond acceptors (Lipinski definition) is 3. The van der Waals surface area contributed by atoms with Crippen molar-refractivity contribution in [1.82, 2.24) is 10.3 Å². The predicted octanol–water partition coefficient (Wildman–Crippen LogP) is 3.01. The maximum atomic E-state index is 4.18. The minimum Gasteiger partial charge on any atom is -0.309 e. The molecule has 0 amide bonds. The molecule has 3 heteroatoms. The van der Waals surface area contributed by atoms with Crippen molar-refractivity contribution in [3.8, 4) is 0 Å². The first-order chi connectivity index (χ1) is 7.86. The highest BCUT2D eigenvalue weighted by Gasteiger charge is 2.16. The second-order valence-electron chi connectivity index (χ2n) is 3.67. The predicted molar refractivity (Wildman–Crippen MR) is 68.8 cm³/mol. The molecule has 0 spiro atoms. The van der Waals surface area contributed by atoms with Crippen LogP contribution < -0.4 is 5.32 Å². The van der Waals surface area contributed by atoms with Crippen LogP contribution in [0.15, 0.2) is 36.0 Å². The van der Waals surface area contributed by atoms with Crippen LogP contribution in [0.25, 0.3) is 0 Å².